The first-order chi connectivity index (χ1) is 11.1. The van der Waals surface area contributed by atoms with Gasteiger partial charge in [0.25, 0.3) is 5.91 Å². The standard InChI is InChI=1S/C17H22N2O4/c20-15(19-23)9-8-13-4-6-14(7-5-13)12-18-17(16(21)22)10-2-1-3-11-17/h4-9,18,23H,1-3,10-12H2,(H,19,20)(H,21,22). The lowest BCUT2D eigenvalue weighted by Crippen LogP contribution is -2.52. The van der Waals surface area contributed by atoms with E-state index < -0.39 is 17.4 Å². The highest BCUT2D eigenvalue weighted by atomic mass is 16.5. The molecule has 124 valence electrons. The van der Waals surface area contributed by atoms with Gasteiger partial charge < -0.3 is 5.11 Å². The summed E-state index contributed by atoms with van der Waals surface area (Å²) in [4.78, 5) is 22.5. The molecule has 0 spiro atoms. The van der Waals surface area contributed by atoms with Crippen LogP contribution < -0.4 is 10.8 Å². The monoisotopic (exact) mass is 318 g/mol. The molecule has 6 nitrogen and oxygen atoms in total. The molecule has 0 radical (unpaired) electrons. The quantitative estimate of drug-likeness (QED) is 0.366. The van der Waals surface area contributed by atoms with Gasteiger partial charge in [-0.15, -0.1) is 0 Å². The number of rotatable bonds is 6. The smallest absolute Gasteiger partial charge is 0.323 e. The van der Waals surface area contributed by atoms with E-state index in [-0.39, 0.29) is 0 Å². The molecule has 23 heavy (non-hydrogen) atoms. The van der Waals surface area contributed by atoms with Crippen LogP contribution in [0.1, 0.15) is 43.2 Å². The van der Waals surface area contributed by atoms with Crippen LogP contribution >= 0.6 is 0 Å². The number of amides is 1. The summed E-state index contributed by atoms with van der Waals surface area (Å²) in [6.45, 7) is 0.493. The van der Waals surface area contributed by atoms with Crippen LogP contribution in [0.4, 0.5) is 0 Å². The maximum absolute atomic E-state index is 11.6. The fraction of sp³-hybridized carbons (Fsp3) is 0.412. The molecule has 1 aromatic carbocycles. The van der Waals surface area contributed by atoms with Crippen molar-refractivity contribution in [3.8, 4) is 0 Å². The fourth-order valence-electron chi connectivity index (χ4n) is 2.85. The van der Waals surface area contributed by atoms with Crippen molar-refractivity contribution in [1.82, 2.24) is 10.8 Å². The average Bonchev–Trinajstić information content (AvgIpc) is 2.59. The Morgan fingerprint density at radius 2 is 1.78 bits per heavy atom. The zero-order valence-corrected chi connectivity index (χ0v) is 12.9. The van der Waals surface area contributed by atoms with E-state index >= 15 is 0 Å². The van der Waals surface area contributed by atoms with Crippen LogP contribution in [0.2, 0.25) is 0 Å². The Morgan fingerprint density at radius 3 is 2.35 bits per heavy atom. The molecule has 1 aliphatic carbocycles. The molecule has 1 amide bonds. The van der Waals surface area contributed by atoms with Gasteiger partial charge in [-0.3, -0.25) is 20.1 Å². The minimum atomic E-state index is -0.809. The summed E-state index contributed by atoms with van der Waals surface area (Å²) >= 11 is 0. The normalized spacial score (nSPS) is 17.1. The summed E-state index contributed by atoms with van der Waals surface area (Å²) in [5.41, 5.74) is 2.53. The van der Waals surface area contributed by atoms with Crippen molar-refractivity contribution in [3.63, 3.8) is 0 Å². The van der Waals surface area contributed by atoms with Crippen molar-refractivity contribution in [2.75, 3.05) is 0 Å². The number of nitrogens with one attached hydrogen (secondary N) is 2. The number of carbonyl (C=O) groups excluding carboxylic acids is 1. The molecule has 4 N–H and O–H groups in total. The highest BCUT2D eigenvalue weighted by Gasteiger charge is 2.38. The highest BCUT2D eigenvalue weighted by molar-refractivity contribution is 5.90. The van der Waals surface area contributed by atoms with Crippen LogP contribution in [0.5, 0.6) is 0 Å². The van der Waals surface area contributed by atoms with E-state index in [1.165, 1.54) is 11.6 Å². The van der Waals surface area contributed by atoms with Gasteiger partial charge in [-0.25, -0.2) is 5.48 Å². The van der Waals surface area contributed by atoms with Crippen LogP contribution in [-0.4, -0.2) is 27.7 Å². The van der Waals surface area contributed by atoms with Crippen molar-refractivity contribution in [2.45, 2.75) is 44.2 Å². The Morgan fingerprint density at radius 1 is 1.13 bits per heavy atom. The molecule has 0 bridgehead atoms. The van der Waals surface area contributed by atoms with Crippen molar-refractivity contribution < 1.29 is 19.9 Å². The Balaban J connectivity index is 1.96. The lowest BCUT2D eigenvalue weighted by atomic mass is 9.81. The van der Waals surface area contributed by atoms with Crippen LogP contribution in [0.25, 0.3) is 6.08 Å². The second kappa shape index (κ2) is 7.89. The molecule has 2 rings (SSSR count). The average molecular weight is 318 g/mol. The molecular weight excluding hydrogens is 296 g/mol. The van der Waals surface area contributed by atoms with Crippen LogP contribution in [-0.2, 0) is 16.1 Å². The number of carboxylic acids is 1. The Hall–Kier alpha value is -2.18. The van der Waals surface area contributed by atoms with Gasteiger partial charge in [0.05, 0.1) is 0 Å². The summed E-state index contributed by atoms with van der Waals surface area (Å²) < 4.78 is 0. The minimum Gasteiger partial charge on any atom is -0.480 e. The molecule has 0 heterocycles. The molecule has 0 atom stereocenters. The molecule has 0 saturated heterocycles. The predicted molar refractivity (Wildman–Crippen MR) is 85.7 cm³/mol. The van der Waals surface area contributed by atoms with E-state index in [1.807, 2.05) is 24.3 Å². The van der Waals surface area contributed by atoms with Gasteiger partial charge in [0.15, 0.2) is 0 Å². The van der Waals surface area contributed by atoms with Gasteiger partial charge >= 0.3 is 5.97 Å². The Labute approximate surface area is 135 Å². The largest absolute Gasteiger partial charge is 0.480 e. The van der Waals surface area contributed by atoms with E-state index in [1.54, 1.807) is 6.08 Å². The summed E-state index contributed by atoms with van der Waals surface area (Å²) in [5.74, 6) is -1.36. The van der Waals surface area contributed by atoms with Gasteiger partial charge in [0.2, 0.25) is 0 Å². The first-order valence-corrected chi connectivity index (χ1v) is 7.75. The molecule has 0 unspecified atom stereocenters. The van der Waals surface area contributed by atoms with Crippen molar-refractivity contribution in [2.24, 2.45) is 0 Å². The second-order valence-electron chi connectivity index (χ2n) is 5.85. The number of aliphatic carboxylic acids is 1. The molecule has 0 aliphatic heterocycles. The number of hydrogen-bond donors (Lipinski definition) is 4. The van der Waals surface area contributed by atoms with E-state index in [2.05, 4.69) is 5.32 Å². The maximum Gasteiger partial charge on any atom is 0.323 e. The number of hydroxylamine groups is 1. The summed E-state index contributed by atoms with van der Waals surface area (Å²) in [5, 5.41) is 21.2. The molecule has 1 aliphatic rings. The van der Waals surface area contributed by atoms with E-state index in [0.717, 1.165) is 30.4 Å². The Kier molecular flexibility index (Phi) is 5.90. The van der Waals surface area contributed by atoms with Crippen LogP contribution in [0, 0.1) is 0 Å². The molecule has 0 aromatic heterocycles. The van der Waals surface area contributed by atoms with Crippen LogP contribution in [0.15, 0.2) is 30.3 Å². The number of carboxylic acid groups (broad SMARTS) is 1. The summed E-state index contributed by atoms with van der Waals surface area (Å²) in [6.07, 6.45) is 7.13. The second-order valence-corrected chi connectivity index (χ2v) is 5.85. The third-order valence-electron chi connectivity index (χ3n) is 4.26. The van der Waals surface area contributed by atoms with E-state index in [4.69, 9.17) is 5.21 Å². The van der Waals surface area contributed by atoms with Crippen molar-refractivity contribution in [1.29, 1.82) is 0 Å². The lowest BCUT2D eigenvalue weighted by Gasteiger charge is -2.34. The van der Waals surface area contributed by atoms with Gasteiger partial charge in [-0.1, -0.05) is 43.5 Å². The third kappa shape index (κ3) is 4.64. The lowest BCUT2D eigenvalue weighted by molar-refractivity contribution is -0.146. The minimum absolute atomic E-state index is 0.493. The molecular formula is C17H22N2O4. The SMILES string of the molecule is O=C(C=Cc1ccc(CNC2(C(=O)O)CCCCC2)cc1)NO. The molecule has 1 saturated carbocycles. The van der Waals surface area contributed by atoms with Crippen molar-refractivity contribution >= 4 is 18.0 Å². The van der Waals surface area contributed by atoms with Crippen LogP contribution in [0.3, 0.4) is 0 Å². The van der Waals surface area contributed by atoms with Crippen molar-refractivity contribution in [3.05, 3.63) is 41.5 Å². The number of benzene rings is 1. The maximum atomic E-state index is 11.6. The number of carbonyl (C=O) groups is 2. The Bertz CT molecular complexity index is 575. The van der Waals surface area contributed by atoms with Gasteiger partial charge in [-0.2, -0.15) is 0 Å². The summed E-state index contributed by atoms with van der Waals surface area (Å²) in [7, 11) is 0. The van der Waals surface area contributed by atoms with Gasteiger partial charge in [-0.05, 0) is 30.0 Å². The highest BCUT2D eigenvalue weighted by Crippen LogP contribution is 2.28. The van der Waals surface area contributed by atoms with Gasteiger partial charge in [0.1, 0.15) is 5.54 Å². The molecule has 1 aromatic rings. The number of hydrogen-bond acceptors (Lipinski definition) is 4. The fourth-order valence-corrected chi connectivity index (χ4v) is 2.85. The van der Waals surface area contributed by atoms with E-state index in [0.29, 0.717) is 19.4 Å². The zero-order chi connectivity index (χ0) is 16.7. The first-order valence-electron chi connectivity index (χ1n) is 7.75. The first kappa shape index (κ1) is 17.2. The summed E-state index contributed by atoms with van der Waals surface area (Å²) in [6, 6.07) is 7.46. The van der Waals surface area contributed by atoms with E-state index in [9.17, 15) is 14.7 Å². The van der Waals surface area contributed by atoms with Gasteiger partial charge in [0, 0.05) is 12.6 Å². The molecule has 6 heteroatoms. The third-order valence-corrected chi connectivity index (χ3v) is 4.26. The molecule has 1 fully saturated rings. The zero-order valence-electron chi connectivity index (χ0n) is 12.9. The predicted octanol–water partition coefficient (Wildman–Crippen LogP) is 2.08. The topological polar surface area (TPSA) is 98.7 Å².